The highest BCUT2D eigenvalue weighted by molar-refractivity contribution is 6.30. The number of H-pyrrole nitrogens is 1. The highest BCUT2D eigenvalue weighted by atomic mass is 35.5. The number of β-amino-alcohol motifs (C(OH)–C–C–N with tert-alkyl or cyclic N) is 1. The van der Waals surface area contributed by atoms with E-state index >= 15 is 0 Å². The molecule has 3 aromatic rings. The van der Waals surface area contributed by atoms with Gasteiger partial charge in [-0.15, -0.1) is 0 Å². The first-order valence-corrected chi connectivity index (χ1v) is 14.0. The van der Waals surface area contributed by atoms with Gasteiger partial charge < -0.3 is 25.1 Å². The molecule has 1 saturated heterocycles. The van der Waals surface area contributed by atoms with Crippen molar-refractivity contribution in [2.24, 2.45) is 0 Å². The Bertz CT molecular complexity index is 1100. The number of nitrogens with one attached hydrogen (secondary N) is 2. The molecule has 2 aliphatic heterocycles. The van der Waals surface area contributed by atoms with Gasteiger partial charge in [0.25, 0.3) is 0 Å². The topological polar surface area (TPSA) is 85.4 Å². The van der Waals surface area contributed by atoms with E-state index in [0.29, 0.717) is 5.02 Å². The van der Waals surface area contributed by atoms with E-state index in [-0.39, 0.29) is 17.9 Å². The second-order valence-electron chi connectivity index (χ2n) is 8.91. The SMILES string of the molecule is C=O.CC.CC.CC1C(=O)Nc2cccc(-c3cccc(Cl)c3)c21.CN1CC[C@@H](O)C1.Cc1c[nH]c(C)c1C. The molecular weight excluding hydrogens is 510 g/mol. The van der Waals surface area contributed by atoms with Gasteiger partial charge in [-0.3, -0.25) is 4.79 Å². The lowest BCUT2D eigenvalue weighted by atomic mass is 9.92. The Morgan fingerprint density at radius 2 is 1.64 bits per heavy atom. The standard InChI is InChI=1S/C15H12ClNO.C7H11N.C5H11NO.2C2H6.CH2O/c1-9-14-12(10-4-2-5-11(16)8-10)6-3-7-13(14)17-15(9)18;1-5-4-8-7(3)6(5)2;1-6-3-2-5(7)4-6;3*1-2/h2-9H,1H3,(H,17,18);4,8H,1-3H3;5,7H,2-4H2,1H3;2*1-2H3;1H2/t;;5-;;;/m..1.../s1. The summed E-state index contributed by atoms with van der Waals surface area (Å²) in [5.74, 6) is -0.0605. The molecule has 0 spiro atoms. The van der Waals surface area contributed by atoms with Gasteiger partial charge in [-0.05, 0) is 87.2 Å². The van der Waals surface area contributed by atoms with Crippen LogP contribution >= 0.6 is 11.6 Å². The highest BCUT2D eigenvalue weighted by Crippen LogP contribution is 2.40. The zero-order valence-electron chi connectivity index (χ0n) is 25.2. The average Bonchev–Trinajstić information content (AvgIpc) is 3.59. The van der Waals surface area contributed by atoms with Crippen LogP contribution < -0.4 is 5.32 Å². The van der Waals surface area contributed by atoms with Gasteiger partial charge in [0.1, 0.15) is 6.79 Å². The van der Waals surface area contributed by atoms with Crippen LogP contribution in [0.1, 0.15) is 69.3 Å². The number of aromatic nitrogens is 1. The number of hydrogen-bond acceptors (Lipinski definition) is 4. The fraction of sp³-hybridized carbons (Fsp3) is 0.438. The number of benzene rings is 2. The summed E-state index contributed by atoms with van der Waals surface area (Å²) in [5.41, 5.74) is 8.09. The number of aliphatic hydroxyl groups excluding tert-OH is 1. The number of anilines is 1. The molecular formula is C32H48ClN3O3. The molecule has 7 heteroatoms. The number of fused-ring (bicyclic) bond motifs is 1. The molecule has 0 saturated carbocycles. The van der Waals surface area contributed by atoms with E-state index in [1.54, 1.807) is 0 Å². The van der Waals surface area contributed by atoms with Gasteiger partial charge in [0.2, 0.25) is 5.91 Å². The zero-order chi connectivity index (χ0) is 30.1. The van der Waals surface area contributed by atoms with E-state index in [9.17, 15) is 4.79 Å². The van der Waals surface area contributed by atoms with Gasteiger partial charge in [0.05, 0.1) is 12.0 Å². The number of likely N-dealkylation sites (tertiary alicyclic amines) is 1. The van der Waals surface area contributed by atoms with Crippen LogP contribution in [0.4, 0.5) is 5.69 Å². The summed E-state index contributed by atoms with van der Waals surface area (Å²) in [7, 11) is 2.02. The lowest BCUT2D eigenvalue weighted by Crippen LogP contribution is -2.15. The van der Waals surface area contributed by atoms with E-state index in [1.165, 1.54) is 16.8 Å². The number of rotatable bonds is 1. The second kappa shape index (κ2) is 19.2. The van der Waals surface area contributed by atoms with Crippen molar-refractivity contribution < 1.29 is 14.7 Å². The Balaban J connectivity index is 0.000000574. The molecule has 39 heavy (non-hydrogen) atoms. The number of amides is 1. The van der Waals surface area contributed by atoms with Crippen LogP contribution in [0, 0.1) is 20.8 Å². The van der Waals surface area contributed by atoms with Crippen molar-refractivity contribution in [2.75, 3.05) is 25.5 Å². The number of aliphatic hydroxyl groups is 1. The summed E-state index contributed by atoms with van der Waals surface area (Å²) in [5, 5.41) is 12.5. The quantitative estimate of drug-likeness (QED) is 0.288. The summed E-state index contributed by atoms with van der Waals surface area (Å²) in [6.45, 7) is 20.2. The Labute approximate surface area is 240 Å². The van der Waals surface area contributed by atoms with Crippen molar-refractivity contribution in [1.82, 2.24) is 9.88 Å². The Kier molecular flexibility index (Phi) is 17.7. The minimum Gasteiger partial charge on any atom is -0.392 e. The van der Waals surface area contributed by atoms with Crippen molar-refractivity contribution >= 4 is 30.0 Å². The predicted molar refractivity (Wildman–Crippen MR) is 167 cm³/mol. The molecule has 2 atom stereocenters. The fourth-order valence-electron chi connectivity index (χ4n) is 4.06. The fourth-order valence-corrected chi connectivity index (χ4v) is 4.25. The number of nitrogens with zero attached hydrogens (tertiary/aromatic N) is 1. The van der Waals surface area contributed by atoms with Gasteiger partial charge in [0.15, 0.2) is 0 Å². The molecule has 1 amide bonds. The summed E-state index contributed by atoms with van der Waals surface area (Å²) in [4.78, 5) is 25.0. The average molecular weight is 558 g/mol. The molecule has 3 heterocycles. The van der Waals surface area contributed by atoms with Crippen LogP contribution in [0.2, 0.25) is 5.02 Å². The van der Waals surface area contributed by atoms with E-state index in [0.717, 1.165) is 41.9 Å². The van der Waals surface area contributed by atoms with E-state index in [4.69, 9.17) is 21.5 Å². The summed E-state index contributed by atoms with van der Waals surface area (Å²) in [6, 6.07) is 13.6. The molecule has 1 fully saturated rings. The first-order chi connectivity index (χ1) is 18.7. The molecule has 0 aliphatic carbocycles. The molecule has 3 N–H and O–H groups in total. The maximum Gasteiger partial charge on any atom is 0.231 e. The number of carbonyl (C=O) groups is 2. The lowest BCUT2D eigenvalue weighted by Gasteiger charge is -2.10. The summed E-state index contributed by atoms with van der Waals surface area (Å²) < 4.78 is 0. The molecule has 0 bridgehead atoms. The molecule has 5 rings (SSSR count). The molecule has 2 aromatic carbocycles. The number of carbonyl (C=O) groups excluding carboxylic acids is 2. The van der Waals surface area contributed by atoms with Gasteiger partial charge in [-0.25, -0.2) is 0 Å². The maximum absolute atomic E-state index is 11.7. The van der Waals surface area contributed by atoms with Crippen LogP contribution in [0.25, 0.3) is 11.1 Å². The van der Waals surface area contributed by atoms with Gasteiger partial charge in [0, 0.05) is 35.7 Å². The molecule has 0 radical (unpaired) electrons. The highest BCUT2D eigenvalue weighted by Gasteiger charge is 2.29. The predicted octanol–water partition coefficient (Wildman–Crippen LogP) is 7.55. The Morgan fingerprint density at radius 3 is 2.05 bits per heavy atom. The van der Waals surface area contributed by atoms with E-state index in [2.05, 4.69) is 36.0 Å². The van der Waals surface area contributed by atoms with Gasteiger partial charge >= 0.3 is 0 Å². The summed E-state index contributed by atoms with van der Waals surface area (Å²) >= 11 is 6.03. The van der Waals surface area contributed by atoms with Crippen LogP contribution in [0.15, 0.2) is 48.7 Å². The Morgan fingerprint density at radius 1 is 1.03 bits per heavy atom. The smallest absolute Gasteiger partial charge is 0.231 e. The molecule has 1 unspecified atom stereocenters. The van der Waals surface area contributed by atoms with Crippen molar-refractivity contribution in [1.29, 1.82) is 0 Å². The van der Waals surface area contributed by atoms with Crippen LogP contribution in [0.3, 0.4) is 0 Å². The zero-order valence-corrected chi connectivity index (χ0v) is 25.9. The van der Waals surface area contributed by atoms with Crippen LogP contribution in [0.5, 0.6) is 0 Å². The number of halogens is 1. The third-order valence-corrected chi connectivity index (χ3v) is 6.59. The first-order valence-electron chi connectivity index (χ1n) is 13.6. The number of aromatic amines is 1. The molecule has 6 nitrogen and oxygen atoms in total. The molecule has 1 aromatic heterocycles. The largest absolute Gasteiger partial charge is 0.392 e. The number of hydrogen-bond donors (Lipinski definition) is 3. The monoisotopic (exact) mass is 557 g/mol. The maximum atomic E-state index is 11.7. The molecule has 2 aliphatic rings. The van der Waals surface area contributed by atoms with E-state index < -0.39 is 0 Å². The normalized spacial score (nSPS) is 16.6. The Hall–Kier alpha value is -2.93. The van der Waals surface area contributed by atoms with E-state index in [1.807, 2.05) is 97.1 Å². The first kappa shape index (κ1) is 36.1. The minimum atomic E-state index is -0.116. The van der Waals surface area contributed by atoms with Crippen LogP contribution in [-0.2, 0) is 9.59 Å². The second-order valence-corrected chi connectivity index (χ2v) is 9.35. The van der Waals surface area contributed by atoms with Crippen molar-refractivity contribution in [3.05, 3.63) is 76.1 Å². The van der Waals surface area contributed by atoms with Gasteiger partial charge in [-0.1, -0.05) is 63.6 Å². The third kappa shape index (κ3) is 11.0. The van der Waals surface area contributed by atoms with Crippen molar-refractivity contribution in [2.45, 2.75) is 73.8 Å². The van der Waals surface area contributed by atoms with Crippen LogP contribution in [-0.4, -0.2) is 53.9 Å². The summed E-state index contributed by atoms with van der Waals surface area (Å²) in [6.07, 6.45) is 2.94. The molecule has 216 valence electrons. The van der Waals surface area contributed by atoms with Gasteiger partial charge in [-0.2, -0.15) is 0 Å². The minimum absolute atomic E-state index is 0.0509. The lowest BCUT2D eigenvalue weighted by molar-refractivity contribution is -0.116. The van der Waals surface area contributed by atoms with Crippen molar-refractivity contribution in [3.63, 3.8) is 0 Å². The third-order valence-electron chi connectivity index (χ3n) is 6.35. The van der Waals surface area contributed by atoms with Crippen molar-refractivity contribution in [3.8, 4) is 11.1 Å². The number of aryl methyl sites for hydroxylation is 2. The number of likely N-dealkylation sites (N-methyl/N-ethyl adjacent to an activating group) is 1.